The first-order chi connectivity index (χ1) is 6.85. The molecular formula is C9H18FO4P. The van der Waals surface area contributed by atoms with Gasteiger partial charge < -0.3 is 9.05 Å². The van der Waals surface area contributed by atoms with E-state index in [1.165, 1.54) is 6.92 Å². The Hall–Kier alpha value is -0.250. The molecule has 1 atom stereocenters. The maximum Gasteiger partial charge on any atom is 0.374 e. The largest absolute Gasteiger partial charge is 0.374 e. The zero-order chi connectivity index (χ0) is 12.1. The number of hydrogen-bond donors (Lipinski definition) is 0. The molecule has 0 saturated heterocycles. The van der Waals surface area contributed by atoms with Crippen molar-refractivity contribution in [3.63, 3.8) is 0 Å². The normalized spacial score (nSPS) is 16.1. The molecule has 0 saturated carbocycles. The van der Waals surface area contributed by atoms with E-state index in [2.05, 4.69) is 0 Å². The Kier molecular flexibility index (Phi) is 5.63. The van der Waals surface area contributed by atoms with E-state index in [1.807, 2.05) is 0 Å². The van der Waals surface area contributed by atoms with Crippen molar-refractivity contribution in [1.29, 1.82) is 0 Å². The Balaban J connectivity index is 5.05. The van der Waals surface area contributed by atoms with Crippen LogP contribution in [0.3, 0.4) is 0 Å². The molecule has 0 aliphatic heterocycles. The van der Waals surface area contributed by atoms with Crippen LogP contribution in [0.5, 0.6) is 0 Å². The molecule has 0 aliphatic rings. The maximum absolute atomic E-state index is 14.0. The lowest BCUT2D eigenvalue weighted by Crippen LogP contribution is -2.31. The van der Waals surface area contributed by atoms with Crippen LogP contribution >= 0.6 is 7.60 Å². The number of Topliss-reactive ketones (excluding diaryl/α,β-unsaturated/α-hetero) is 1. The molecule has 6 heteroatoms. The van der Waals surface area contributed by atoms with Gasteiger partial charge in [-0.3, -0.25) is 9.36 Å². The summed E-state index contributed by atoms with van der Waals surface area (Å²) in [5.41, 5.74) is 0. The highest BCUT2D eigenvalue weighted by Gasteiger charge is 2.52. The summed E-state index contributed by atoms with van der Waals surface area (Å²) in [7, 11) is -4.01. The first kappa shape index (κ1) is 14.8. The molecule has 0 fully saturated rings. The fraction of sp³-hybridized carbons (Fsp3) is 0.889. The number of carbonyl (C=O) groups excluding carboxylic acids is 1. The van der Waals surface area contributed by atoms with E-state index in [9.17, 15) is 13.8 Å². The summed E-state index contributed by atoms with van der Waals surface area (Å²) in [4.78, 5) is 11.3. The predicted octanol–water partition coefficient (Wildman–Crippen LogP) is 2.92. The molecule has 0 bridgehead atoms. The molecule has 0 aromatic heterocycles. The van der Waals surface area contributed by atoms with Crippen LogP contribution in [0.25, 0.3) is 0 Å². The van der Waals surface area contributed by atoms with E-state index >= 15 is 0 Å². The van der Waals surface area contributed by atoms with Crippen molar-refractivity contribution in [2.45, 2.75) is 39.5 Å². The monoisotopic (exact) mass is 240 g/mol. The summed E-state index contributed by atoms with van der Waals surface area (Å²) >= 11 is 0. The molecule has 0 N–H and O–H groups in total. The molecule has 0 spiro atoms. The first-order valence-corrected chi connectivity index (χ1v) is 6.51. The lowest BCUT2D eigenvalue weighted by Gasteiger charge is -2.27. The van der Waals surface area contributed by atoms with Gasteiger partial charge in [0, 0.05) is 6.42 Å². The van der Waals surface area contributed by atoms with Crippen molar-refractivity contribution >= 4 is 13.4 Å². The number of carbonyl (C=O) groups is 1. The van der Waals surface area contributed by atoms with Gasteiger partial charge in [-0.1, -0.05) is 6.92 Å². The van der Waals surface area contributed by atoms with Crippen molar-refractivity contribution in [2.24, 2.45) is 0 Å². The molecule has 15 heavy (non-hydrogen) atoms. The molecule has 1 unspecified atom stereocenters. The van der Waals surface area contributed by atoms with Crippen LogP contribution in [0.15, 0.2) is 0 Å². The smallest absolute Gasteiger partial charge is 0.306 e. The van der Waals surface area contributed by atoms with Gasteiger partial charge in [0.15, 0.2) is 5.78 Å². The summed E-state index contributed by atoms with van der Waals surface area (Å²) in [6, 6.07) is 0. The zero-order valence-electron chi connectivity index (χ0n) is 9.58. The average Bonchev–Trinajstić information content (AvgIpc) is 2.17. The SMILES string of the molecule is CCOP(=O)(OCC)C(C)(F)C(=O)CC. The quantitative estimate of drug-likeness (QED) is 0.642. The van der Waals surface area contributed by atoms with Gasteiger partial charge in [-0.2, -0.15) is 0 Å². The van der Waals surface area contributed by atoms with Gasteiger partial charge in [-0.15, -0.1) is 0 Å². The number of alkyl halides is 1. The second-order valence-electron chi connectivity index (χ2n) is 3.06. The lowest BCUT2D eigenvalue weighted by atomic mass is 10.2. The van der Waals surface area contributed by atoms with E-state index in [1.54, 1.807) is 13.8 Å². The average molecular weight is 240 g/mol. The van der Waals surface area contributed by atoms with Crippen LogP contribution in [-0.4, -0.2) is 24.4 Å². The minimum absolute atomic E-state index is 0.0355. The number of ketones is 1. The Morgan fingerprint density at radius 1 is 1.27 bits per heavy atom. The van der Waals surface area contributed by atoms with Gasteiger partial charge in [-0.25, -0.2) is 4.39 Å². The topological polar surface area (TPSA) is 52.6 Å². The summed E-state index contributed by atoms with van der Waals surface area (Å²) in [5, 5.41) is -2.56. The third kappa shape index (κ3) is 3.10. The molecule has 0 aliphatic carbocycles. The predicted molar refractivity (Wildman–Crippen MR) is 55.7 cm³/mol. The number of rotatable bonds is 7. The summed E-state index contributed by atoms with van der Waals surface area (Å²) in [6.45, 7) is 5.66. The zero-order valence-corrected chi connectivity index (χ0v) is 10.5. The minimum atomic E-state index is -4.01. The van der Waals surface area contributed by atoms with E-state index in [0.29, 0.717) is 0 Å². The van der Waals surface area contributed by atoms with Crippen molar-refractivity contribution in [1.82, 2.24) is 0 Å². The summed E-state index contributed by atoms with van der Waals surface area (Å²) in [6.07, 6.45) is -0.0445. The van der Waals surface area contributed by atoms with Crippen molar-refractivity contribution in [2.75, 3.05) is 13.2 Å². The highest BCUT2D eigenvalue weighted by molar-refractivity contribution is 7.56. The first-order valence-electron chi connectivity index (χ1n) is 4.97. The third-order valence-corrected chi connectivity index (χ3v) is 4.42. The third-order valence-electron chi connectivity index (χ3n) is 1.94. The van der Waals surface area contributed by atoms with Gasteiger partial charge in [0.1, 0.15) is 0 Å². The van der Waals surface area contributed by atoms with Gasteiger partial charge in [0.25, 0.3) is 5.41 Å². The van der Waals surface area contributed by atoms with Crippen LogP contribution in [0.1, 0.15) is 34.1 Å². The van der Waals surface area contributed by atoms with Crippen molar-refractivity contribution in [3.8, 4) is 0 Å². The fourth-order valence-corrected chi connectivity index (χ4v) is 2.80. The van der Waals surface area contributed by atoms with Crippen molar-refractivity contribution < 1.29 is 22.8 Å². The van der Waals surface area contributed by atoms with Crippen LogP contribution < -0.4 is 0 Å². The molecule has 0 rings (SSSR count). The molecule has 0 aromatic carbocycles. The molecule has 0 aromatic rings. The van der Waals surface area contributed by atoms with Gasteiger partial charge >= 0.3 is 7.60 Å². The molecule has 4 nitrogen and oxygen atoms in total. The Morgan fingerprint density at radius 3 is 1.93 bits per heavy atom. The minimum Gasteiger partial charge on any atom is -0.306 e. The Morgan fingerprint density at radius 2 is 1.67 bits per heavy atom. The Bertz CT molecular complexity index is 255. The van der Waals surface area contributed by atoms with E-state index in [0.717, 1.165) is 6.92 Å². The van der Waals surface area contributed by atoms with Gasteiger partial charge in [0.05, 0.1) is 13.2 Å². The second kappa shape index (κ2) is 5.73. The van der Waals surface area contributed by atoms with Crippen LogP contribution in [0.2, 0.25) is 0 Å². The van der Waals surface area contributed by atoms with Gasteiger partial charge in [-0.05, 0) is 20.8 Å². The summed E-state index contributed by atoms with van der Waals surface area (Å²) < 4.78 is 35.6. The summed E-state index contributed by atoms with van der Waals surface area (Å²) in [5.74, 6) is -0.771. The molecule has 0 radical (unpaired) electrons. The Labute approximate surface area is 89.7 Å². The molecular weight excluding hydrogens is 222 g/mol. The maximum atomic E-state index is 14.0. The van der Waals surface area contributed by atoms with E-state index < -0.39 is 18.8 Å². The molecule has 0 heterocycles. The fourth-order valence-electron chi connectivity index (χ4n) is 1.10. The van der Waals surface area contributed by atoms with Crippen LogP contribution in [0, 0.1) is 0 Å². The lowest BCUT2D eigenvalue weighted by molar-refractivity contribution is -0.125. The van der Waals surface area contributed by atoms with Crippen LogP contribution in [0.4, 0.5) is 4.39 Å². The molecule has 0 amide bonds. The van der Waals surface area contributed by atoms with Gasteiger partial charge in [0.2, 0.25) is 0 Å². The standard InChI is InChI=1S/C9H18FO4P/c1-5-8(11)9(4,10)15(12,13-6-2)14-7-3/h5-7H2,1-4H3. The van der Waals surface area contributed by atoms with E-state index in [-0.39, 0.29) is 19.6 Å². The number of hydrogen-bond acceptors (Lipinski definition) is 4. The number of halogens is 1. The highest BCUT2D eigenvalue weighted by atomic mass is 31.2. The molecule has 90 valence electrons. The van der Waals surface area contributed by atoms with Crippen LogP contribution in [-0.2, 0) is 18.4 Å². The highest BCUT2D eigenvalue weighted by Crippen LogP contribution is 2.61. The second-order valence-corrected chi connectivity index (χ2v) is 5.41. The van der Waals surface area contributed by atoms with Crippen molar-refractivity contribution in [3.05, 3.63) is 0 Å². The van der Waals surface area contributed by atoms with E-state index in [4.69, 9.17) is 9.05 Å².